The first-order valence-corrected chi connectivity index (χ1v) is 10.7. The van der Waals surface area contributed by atoms with Gasteiger partial charge >= 0.3 is 0 Å². The summed E-state index contributed by atoms with van der Waals surface area (Å²) in [5.74, 6) is 3.50. The predicted octanol–water partition coefficient (Wildman–Crippen LogP) is 5.70. The van der Waals surface area contributed by atoms with E-state index in [1.54, 1.807) is 21.3 Å². The molecule has 0 radical (unpaired) electrons. The summed E-state index contributed by atoms with van der Waals surface area (Å²) < 4.78 is 22.7. The minimum atomic E-state index is 0.555. The molecule has 4 rings (SSSR count). The van der Waals surface area contributed by atoms with E-state index in [0.29, 0.717) is 33.7 Å². The standard InChI is InChI=1S/C24H24ClNO4S/c1-13-5-7-19-17(10-14-9-16(25)6-8-18(14)30-19)24(31)26-22(13)15-11-20(27-2)23(29-4)21(12-15)28-3/h6,8-9,11-12H,5,7,10H2,1-4H3,(H,26,31)/b22-13+. The average Bonchev–Trinajstić information content (AvgIpc) is 2.78. The highest BCUT2D eigenvalue weighted by molar-refractivity contribution is 7.80. The van der Waals surface area contributed by atoms with Gasteiger partial charge in [0.05, 0.1) is 21.3 Å². The van der Waals surface area contributed by atoms with Gasteiger partial charge in [-0.3, -0.25) is 0 Å². The number of nitrogens with one attached hydrogen (secondary N) is 1. The highest BCUT2D eigenvalue weighted by Crippen LogP contribution is 2.41. The zero-order valence-electron chi connectivity index (χ0n) is 17.9. The maximum absolute atomic E-state index is 6.20. The molecule has 2 aliphatic rings. The van der Waals surface area contributed by atoms with Gasteiger partial charge in [0.25, 0.3) is 0 Å². The molecule has 2 aliphatic heterocycles. The van der Waals surface area contributed by atoms with Gasteiger partial charge in [0.15, 0.2) is 11.5 Å². The lowest BCUT2D eigenvalue weighted by molar-refractivity contribution is 0.324. The summed E-state index contributed by atoms with van der Waals surface area (Å²) in [6.07, 6.45) is 2.26. The summed E-state index contributed by atoms with van der Waals surface area (Å²) >= 11 is 12.0. The Hall–Kier alpha value is -2.70. The smallest absolute Gasteiger partial charge is 0.203 e. The molecule has 7 heteroatoms. The largest absolute Gasteiger partial charge is 0.493 e. The van der Waals surface area contributed by atoms with Crippen molar-refractivity contribution in [3.05, 3.63) is 63.4 Å². The Labute approximate surface area is 192 Å². The molecule has 2 heterocycles. The molecule has 0 bridgehead atoms. The molecule has 0 saturated heterocycles. The molecule has 0 atom stereocenters. The number of benzene rings is 2. The van der Waals surface area contributed by atoms with Crippen LogP contribution in [0.25, 0.3) is 5.70 Å². The lowest BCUT2D eigenvalue weighted by atomic mass is 9.94. The van der Waals surface area contributed by atoms with Crippen LogP contribution >= 0.6 is 23.8 Å². The number of fused-ring (bicyclic) bond motifs is 1. The summed E-state index contributed by atoms with van der Waals surface area (Å²) in [4.78, 5) is 0.642. The lowest BCUT2D eigenvalue weighted by Gasteiger charge is -2.28. The van der Waals surface area contributed by atoms with E-state index in [-0.39, 0.29) is 0 Å². The van der Waals surface area contributed by atoms with Crippen molar-refractivity contribution in [3.8, 4) is 23.0 Å². The summed E-state index contributed by atoms with van der Waals surface area (Å²) in [6.45, 7) is 2.09. The molecule has 1 N–H and O–H groups in total. The third kappa shape index (κ3) is 4.10. The first-order valence-electron chi connectivity index (χ1n) is 9.95. The van der Waals surface area contributed by atoms with Crippen LogP contribution in [0.1, 0.15) is 30.9 Å². The second-order valence-electron chi connectivity index (χ2n) is 7.46. The van der Waals surface area contributed by atoms with Gasteiger partial charge in [-0.1, -0.05) is 23.8 Å². The van der Waals surface area contributed by atoms with Gasteiger partial charge in [0.2, 0.25) is 5.75 Å². The van der Waals surface area contributed by atoms with Gasteiger partial charge in [-0.05, 0) is 49.2 Å². The van der Waals surface area contributed by atoms with Crippen LogP contribution in [0.3, 0.4) is 0 Å². The molecule has 0 amide bonds. The molecular weight excluding hydrogens is 434 g/mol. The zero-order valence-corrected chi connectivity index (χ0v) is 19.5. The van der Waals surface area contributed by atoms with Gasteiger partial charge in [0.1, 0.15) is 16.5 Å². The van der Waals surface area contributed by atoms with E-state index in [1.165, 1.54) is 0 Å². The molecule has 162 valence electrons. The van der Waals surface area contributed by atoms with E-state index in [9.17, 15) is 0 Å². The average molecular weight is 458 g/mol. The van der Waals surface area contributed by atoms with E-state index in [0.717, 1.165) is 52.3 Å². The van der Waals surface area contributed by atoms with Gasteiger partial charge < -0.3 is 24.3 Å². The van der Waals surface area contributed by atoms with Gasteiger partial charge in [0, 0.05) is 40.3 Å². The fraction of sp³-hybridized carbons (Fsp3) is 0.292. The number of rotatable bonds is 4. The molecule has 2 aromatic rings. The number of methoxy groups -OCH3 is 3. The molecule has 31 heavy (non-hydrogen) atoms. The number of allylic oxidation sites excluding steroid dienone is 2. The Morgan fingerprint density at radius 1 is 1.00 bits per heavy atom. The van der Waals surface area contributed by atoms with Crippen molar-refractivity contribution in [2.75, 3.05) is 21.3 Å². The van der Waals surface area contributed by atoms with Crippen molar-refractivity contribution in [1.82, 2.24) is 5.32 Å². The highest BCUT2D eigenvalue weighted by atomic mass is 35.5. The van der Waals surface area contributed by atoms with Crippen molar-refractivity contribution >= 4 is 34.5 Å². The number of halogens is 1. The van der Waals surface area contributed by atoms with E-state index in [2.05, 4.69) is 12.2 Å². The minimum absolute atomic E-state index is 0.555. The first kappa shape index (κ1) is 21.5. The Morgan fingerprint density at radius 3 is 2.35 bits per heavy atom. The molecule has 0 fully saturated rings. The van der Waals surface area contributed by atoms with Crippen molar-refractivity contribution < 1.29 is 18.9 Å². The SMILES string of the molecule is COc1cc(/C2=C(/C)CCC3=C(Cc4cc(Cl)ccc4O3)C(=S)N2)cc(OC)c1OC. The molecule has 2 aromatic carbocycles. The Morgan fingerprint density at radius 2 is 1.71 bits per heavy atom. The molecule has 0 aliphatic carbocycles. The fourth-order valence-electron chi connectivity index (χ4n) is 3.94. The van der Waals surface area contributed by atoms with Crippen LogP contribution in [0.5, 0.6) is 23.0 Å². The summed E-state index contributed by atoms with van der Waals surface area (Å²) in [7, 11) is 4.81. The van der Waals surface area contributed by atoms with Gasteiger partial charge in [-0.2, -0.15) is 0 Å². The van der Waals surface area contributed by atoms with Crippen LogP contribution in [0, 0.1) is 0 Å². The van der Waals surface area contributed by atoms with Crippen LogP contribution < -0.4 is 24.3 Å². The van der Waals surface area contributed by atoms with Crippen LogP contribution in [-0.2, 0) is 6.42 Å². The molecule has 5 nitrogen and oxygen atoms in total. The fourth-order valence-corrected chi connectivity index (χ4v) is 4.43. The lowest BCUT2D eigenvalue weighted by Crippen LogP contribution is -2.29. The molecule has 0 spiro atoms. The number of hydrogen-bond acceptors (Lipinski definition) is 5. The van der Waals surface area contributed by atoms with Gasteiger partial charge in [-0.25, -0.2) is 0 Å². The Bertz CT molecular complexity index is 1100. The van der Waals surface area contributed by atoms with Crippen molar-refractivity contribution in [3.63, 3.8) is 0 Å². The van der Waals surface area contributed by atoms with Crippen molar-refractivity contribution in [2.45, 2.75) is 26.2 Å². The summed E-state index contributed by atoms with van der Waals surface area (Å²) in [6, 6.07) is 9.56. The summed E-state index contributed by atoms with van der Waals surface area (Å²) in [5.41, 5.74) is 5.04. The van der Waals surface area contributed by atoms with Crippen LogP contribution in [0.2, 0.25) is 5.02 Å². The number of ether oxygens (including phenoxy) is 4. The highest BCUT2D eigenvalue weighted by Gasteiger charge is 2.26. The number of thiocarbonyl (C=S) groups is 1. The van der Waals surface area contributed by atoms with Crippen LogP contribution in [0.15, 0.2) is 47.2 Å². The molecule has 0 saturated carbocycles. The second-order valence-corrected chi connectivity index (χ2v) is 8.30. The monoisotopic (exact) mass is 457 g/mol. The normalized spacial score (nSPS) is 18.2. The third-order valence-electron chi connectivity index (χ3n) is 5.58. The maximum Gasteiger partial charge on any atom is 0.203 e. The quantitative estimate of drug-likeness (QED) is 0.594. The zero-order chi connectivity index (χ0) is 22.1. The second kappa shape index (κ2) is 8.81. The van der Waals surface area contributed by atoms with E-state index in [4.69, 9.17) is 42.8 Å². The third-order valence-corrected chi connectivity index (χ3v) is 6.16. The van der Waals surface area contributed by atoms with Crippen LogP contribution in [0.4, 0.5) is 0 Å². The number of hydrogen-bond donors (Lipinski definition) is 1. The Balaban J connectivity index is 1.71. The molecule has 0 aromatic heterocycles. The topological polar surface area (TPSA) is 49.0 Å². The minimum Gasteiger partial charge on any atom is -0.493 e. The first-order chi connectivity index (χ1) is 14.9. The van der Waals surface area contributed by atoms with Gasteiger partial charge in [-0.15, -0.1) is 0 Å². The van der Waals surface area contributed by atoms with Crippen molar-refractivity contribution in [1.29, 1.82) is 0 Å². The van der Waals surface area contributed by atoms with Crippen molar-refractivity contribution in [2.24, 2.45) is 0 Å². The Kier molecular flexibility index (Phi) is 6.12. The molecular formula is C24H24ClNO4S. The van der Waals surface area contributed by atoms with E-state index in [1.807, 2.05) is 30.3 Å². The molecule has 0 unspecified atom stereocenters. The van der Waals surface area contributed by atoms with E-state index < -0.39 is 0 Å². The summed E-state index contributed by atoms with van der Waals surface area (Å²) in [5, 5.41) is 4.14. The maximum atomic E-state index is 6.20. The van der Waals surface area contributed by atoms with E-state index >= 15 is 0 Å². The predicted molar refractivity (Wildman–Crippen MR) is 126 cm³/mol. The van der Waals surface area contributed by atoms with Crippen LogP contribution in [-0.4, -0.2) is 26.3 Å².